The van der Waals surface area contributed by atoms with Crippen LogP contribution < -0.4 is 5.73 Å². The number of aromatic nitrogens is 2. The Morgan fingerprint density at radius 1 is 1.30 bits per heavy atom. The van der Waals surface area contributed by atoms with Crippen LogP contribution >= 0.6 is 0 Å². The maximum absolute atomic E-state index is 6.00. The third kappa shape index (κ3) is 1.43. The molecule has 2 aromatic heterocycles. The van der Waals surface area contributed by atoms with Gasteiger partial charge in [0.1, 0.15) is 5.65 Å². The zero-order valence-electron chi connectivity index (χ0n) is 11.7. The Hall–Kier alpha value is -2.29. The summed E-state index contributed by atoms with van der Waals surface area (Å²) in [6, 6.07) is 10.6. The first kappa shape index (κ1) is 11.5. The second-order valence-corrected chi connectivity index (χ2v) is 5.75. The molecule has 20 heavy (non-hydrogen) atoms. The summed E-state index contributed by atoms with van der Waals surface area (Å²) in [4.78, 5) is 4.88. The smallest absolute Gasteiger partial charge is 0.140 e. The van der Waals surface area contributed by atoms with E-state index in [1.165, 1.54) is 16.8 Å². The Bertz CT molecular complexity index is 830. The SMILES string of the molecule is Cc1cc(N)cn2c3c(nc12)-c1ccccc1C(C)C3. The fraction of sp³-hybridized carbons (Fsp3) is 0.235. The van der Waals surface area contributed by atoms with Gasteiger partial charge in [0.05, 0.1) is 11.4 Å². The zero-order chi connectivity index (χ0) is 13.9. The standard InChI is InChI=1S/C17H17N3/c1-10-8-15-16(14-6-4-3-5-13(10)14)19-17-11(2)7-12(18)9-20(15)17/h3-7,9-10H,8,18H2,1-2H3. The van der Waals surface area contributed by atoms with Crippen molar-refractivity contribution in [3.63, 3.8) is 0 Å². The van der Waals surface area contributed by atoms with E-state index in [4.69, 9.17) is 10.7 Å². The molecule has 0 aliphatic heterocycles. The molecule has 0 saturated carbocycles. The summed E-state index contributed by atoms with van der Waals surface area (Å²) in [5, 5.41) is 0. The van der Waals surface area contributed by atoms with Crippen LogP contribution in [0.5, 0.6) is 0 Å². The van der Waals surface area contributed by atoms with Gasteiger partial charge in [0.2, 0.25) is 0 Å². The molecule has 1 aromatic carbocycles. The predicted molar refractivity (Wildman–Crippen MR) is 81.9 cm³/mol. The maximum atomic E-state index is 6.00. The van der Waals surface area contributed by atoms with Gasteiger partial charge in [-0.15, -0.1) is 0 Å². The van der Waals surface area contributed by atoms with Gasteiger partial charge < -0.3 is 10.1 Å². The minimum absolute atomic E-state index is 0.514. The number of anilines is 1. The molecule has 1 aliphatic carbocycles. The molecule has 3 aromatic rings. The molecule has 100 valence electrons. The topological polar surface area (TPSA) is 43.3 Å². The van der Waals surface area contributed by atoms with Crippen LogP contribution in [0.1, 0.15) is 29.7 Å². The predicted octanol–water partition coefficient (Wildman–Crippen LogP) is 3.55. The Kier molecular flexibility index (Phi) is 2.22. The Morgan fingerprint density at radius 3 is 2.95 bits per heavy atom. The summed E-state index contributed by atoms with van der Waals surface area (Å²) in [5.74, 6) is 0.514. The monoisotopic (exact) mass is 263 g/mol. The average molecular weight is 263 g/mol. The molecule has 3 heteroatoms. The van der Waals surface area contributed by atoms with Crippen molar-refractivity contribution in [2.45, 2.75) is 26.2 Å². The Balaban J connectivity index is 2.11. The van der Waals surface area contributed by atoms with Gasteiger partial charge in [-0.1, -0.05) is 31.2 Å². The highest BCUT2D eigenvalue weighted by Crippen LogP contribution is 2.39. The summed E-state index contributed by atoms with van der Waals surface area (Å²) < 4.78 is 2.17. The van der Waals surface area contributed by atoms with Crippen LogP contribution in [0.2, 0.25) is 0 Å². The molecule has 4 rings (SSSR count). The molecule has 2 N–H and O–H groups in total. The molecule has 3 nitrogen and oxygen atoms in total. The minimum atomic E-state index is 0.514. The van der Waals surface area contributed by atoms with E-state index in [9.17, 15) is 0 Å². The lowest BCUT2D eigenvalue weighted by Crippen LogP contribution is -2.09. The van der Waals surface area contributed by atoms with Crippen molar-refractivity contribution in [3.8, 4) is 11.3 Å². The minimum Gasteiger partial charge on any atom is -0.398 e. The van der Waals surface area contributed by atoms with Gasteiger partial charge in [-0.2, -0.15) is 0 Å². The third-order valence-corrected chi connectivity index (χ3v) is 4.27. The van der Waals surface area contributed by atoms with Crippen LogP contribution in [0.25, 0.3) is 16.9 Å². The van der Waals surface area contributed by atoms with Gasteiger partial charge in [0, 0.05) is 17.4 Å². The molecule has 0 amide bonds. The van der Waals surface area contributed by atoms with Crippen molar-refractivity contribution >= 4 is 11.3 Å². The molecule has 0 radical (unpaired) electrons. The molecule has 2 heterocycles. The number of rotatable bonds is 0. The summed E-state index contributed by atoms with van der Waals surface area (Å²) >= 11 is 0. The first-order chi connectivity index (χ1) is 9.65. The highest BCUT2D eigenvalue weighted by molar-refractivity contribution is 5.74. The molecule has 1 aliphatic rings. The average Bonchev–Trinajstić information content (AvgIpc) is 2.79. The Morgan fingerprint density at radius 2 is 2.10 bits per heavy atom. The lowest BCUT2D eigenvalue weighted by molar-refractivity contribution is 0.724. The number of pyridine rings is 1. The van der Waals surface area contributed by atoms with E-state index >= 15 is 0 Å². The van der Waals surface area contributed by atoms with E-state index in [0.29, 0.717) is 5.92 Å². The molecule has 0 bridgehead atoms. The Labute approximate surface area is 118 Å². The molecule has 0 fully saturated rings. The van der Waals surface area contributed by atoms with Gasteiger partial charge in [0.25, 0.3) is 0 Å². The first-order valence-corrected chi connectivity index (χ1v) is 7.01. The van der Waals surface area contributed by atoms with Crippen molar-refractivity contribution in [1.82, 2.24) is 9.38 Å². The van der Waals surface area contributed by atoms with Crippen molar-refractivity contribution in [2.75, 3.05) is 5.73 Å². The van der Waals surface area contributed by atoms with E-state index in [0.717, 1.165) is 29.0 Å². The summed E-state index contributed by atoms with van der Waals surface area (Å²) in [6.45, 7) is 4.35. The lowest BCUT2D eigenvalue weighted by atomic mass is 9.84. The normalized spacial score (nSPS) is 17.0. The largest absolute Gasteiger partial charge is 0.398 e. The lowest BCUT2D eigenvalue weighted by Gasteiger charge is -2.22. The number of hydrogen-bond acceptors (Lipinski definition) is 2. The molecule has 1 atom stereocenters. The fourth-order valence-corrected chi connectivity index (χ4v) is 3.34. The third-order valence-electron chi connectivity index (χ3n) is 4.27. The summed E-state index contributed by atoms with van der Waals surface area (Å²) in [7, 11) is 0. The van der Waals surface area contributed by atoms with Gasteiger partial charge in [0.15, 0.2) is 0 Å². The summed E-state index contributed by atoms with van der Waals surface area (Å²) in [5.41, 5.74) is 14.0. The van der Waals surface area contributed by atoms with Crippen molar-refractivity contribution in [1.29, 1.82) is 0 Å². The van der Waals surface area contributed by atoms with Gasteiger partial charge in [-0.25, -0.2) is 4.98 Å². The molecular formula is C17H17N3. The number of aryl methyl sites for hydroxylation is 1. The molecule has 0 saturated heterocycles. The second kappa shape index (κ2) is 3.85. The van der Waals surface area contributed by atoms with Gasteiger partial charge in [-0.3, -0.25) is 0 Å². The van der Waals surface area contributed by atoms with Crippen LogP contribution in [0.3, 0.4) is 0 Å². The molecule has 0 spiro atoms. The van der Waals surface area contributed by atoms with Crippen molar-refractivity contribution < 1.29 is 0 Å². The van der Waals surface area contributed by atoms with Crippen molar-refractivity contribution in [3.05, 3.63) is 53.3 Å². The number of hydrogen-bond donors (Lipinski definition) is 1. The highest BCUT2D eigenvalue weighted by Gasteiger charge is 2.26. The van der Waals surface area contributed by atoms with Crippen LogP contribution in [-0.2, 0) is 6.42 Å². The number of nitrogens with two attached hydrogens (primary N) is 1. The second-order valence-electron chi connectivity index (χ2n) is 5.75. The number of nitrogens with zero attached hydrogens (tertiary/aromatic N) is 2. The van der Waals surface area contributed by atoms with Gasteiger partial charge >= 0.3 is 0 Å². The first-order valence-electron chi connectivity index (χ1n) is 7.01. The highest BCUT2D eigenvalue weighted by atomic mass is 15.0. The van der Waals surface area contributed by atoms with E-state index in [1.807, 2.05) is 12.3 Å². The summed E-state index contributed by atoms with van der Waals surface area (Å²) in [6.07, 6.45) is 3.01. The van der Waals surface area contributed by atoms with Gasteiger partial charge in [-0.05, 0) is 36.5 Å². The van der Waals surface area contributed by atoms with E-state index in [-0.39, 0.29) is 0 Å². The van der Waals surface area contributed by atoms with E-state index in [2.05, 4.69) is 42.5 Å². The van der Waals surface area contributed by atoms with E-state index < -0.39 is 0 Å². The number of nitrogen functional groups attached to an aromatic ring is 1. The molecular weight excluding hydrogens is 246 g/mol. The zero-order valence-corrected chi connectivity index (χ0v) is 11.7. The quantitative estimate of drug-likeness (QED) is 0.674. The van der Waals surface area contributed by atoms with Crippen LogP contribution in [0, 0.1) is 6.92 Å². The maximum Gasteiger partial charge on any atom is 0.140 e. The number of imidazole rings is 1. The number of benzene rings is 1. The molecule has 1 unspecified atom stereocenters. The van der Waals surface area contributed by atoms with E-state index in [1.54, 1.807) is 0 Å². The number of fused-ring (bicyclic) bond motifs is 5. The van der Waals surface area contributed by atoms with Crippen molar-refractivity contribution in [2.24, 2.45) is 0 Å². The van der Waals surface area contributed by atoms with Crippen LogP contribution in [0.15, 0.2) is 36.5 Å². The fourth-order valence-electron chi connectivity index (χ4n) is 3.34. The van der Waals surface area contributed by atoms with Crippen LogP contribution in [-0.4, -0.2) is 9.38 Å². The van der Waals surface area contributed by atoms with Crippen LogP contribution in [0.4, 0.5) is 5.69 Å².